The summed E-state index contributed by atoms with van der Waals surface area (Å²) in [5.41, 5.74) is 3.86. The third-order valence-electron chi connectivity index (χ3n) is 5.13. The molecule has 0 saturated carbocycles. The standard InChI is InChI=1S/C20H21N5O2/c1-13-5-3-7-17(14(13)2)25-18-16(19(26)23-20(25)27)11-24(12-22-18)10-15-6-4-8-21-9-15/h3-9,22H,10-12H2,1-2H3,(H,23,26,27)/p+1. The van der Waals surface area contributed by atoms with Crippen LogP contribution in [0.4, 0.5) is 5.82 Å². The van der Waals surface area contributed by atoms with Gasteiger partial charge >= 0.3 is 5.69 Å². The Morgan fingerprint density at radius 3 is 2.81 bits per heavy atom. The molecule has 1 aliphatic rings. The maximum atomic E-state index is 12.6. The summed E-state index contributed by atoms with van der Waals surface area (Å²) >= 11 is 0. The van der Waals surface area contributed by atoms with Gasteiger partial charge in [0.05, 0.1) is 5.69 Å². The molecule has 4 rings (SSSR count). The maximum absolute atomic E-state index is 12.6. The van der Waals surface area contributed by atoms with Crippen molar-refractivity contribution in [2.24, 2.45) is 0 Å². The number of pyridine rings is 1. The number of nitrogens with one attached hydrogen (secondary N) is 3. The lowest BCUT2D eigenvalue weighted by Gasteiger charge is -2.28. The second-order valence-corrected chi connectivity index (χ2v) is 6.96. The van der Waals surface area contributed by atoms with Gasteiger partial charge in [0.2, 0.25) is 0 Å². The third kappa shape index (κ3) is 3.17. The van der Waals surface area contributed by atoms with Gasteiger partial charge in [0, 0.05) is 18.0 Å². The van der Waals surface area contributed by atoms with E-state index in [2.05, 4.69) is 15.3 Å². The number of hydrogen-bond donors (Lipinski definition) is 3. The number of aromatic nitrogens is 3. The monoisotopic (exact) mass is 364 g/mol. The molecule has 3 N–H and O–H groups in total. The predicted molar refractivity (Wildman–Crippen MR) is 103 cm³/mol. The zero-order valence-corrected chi connectivity index (χ0v) is 15.4. The number of nitrogens with zero attached hydrogens (tertiary/aromatic N) is 2. The van der Waals surface area contributed by atoms with E-state index in [1.807, 2.05) is 50.4 Å². The van der Waals surface area contributed by atoms with Crippen LogP contribution in [-0.2, 0) is 13.1 Å². The van der Waals surface area contributed by atoms with E-state index in [1.165, 1.54) is 4.90 Å². The molecule has 138 valence electrons. The highest BCUT2D eigenvalue weighted by atomic mass is 16.2. The second kappa shape index (κ2) is 6.85. The van der Waals surface area contributed by atoms with Gasteiger partial charge in [0.1, 0.15) is 24.5 Å². The Hall–Kier alpha value is -3.19. The molecule has 27 heavy (non-hydrogen) atoms. The van der Waals surface area contributed by atoms with Crippen molar-refractivity contribution >= 4 is 5.82 Å². The van der Waals surface area contributed by atoms with E-state index >= 15 is 0 Å². The van der Waals surface area contributed by atoms with Crippen molar-refractivity contribution in [2.45, 2.75) is 26.9 Å². The number of aromatic amines is 1. The lowest BCUT2D eigenvalue weighted by atomic mass is 10.1. The summed E-state index contributed by atoms with van der Waals surface area (Å²) in [6.07, 6.45) is 3.58. The number of H-pyrrole nitrogens is 1. The van der Waals surface area contributed by atoms with Crippen LogP contribution in [0.2, 0.25) is 0 Å². The Balaban J connectivity index is 1.76. The summed E-state index contributed by atoms with van der Waals surface area (Å²) in [5.74, 6) is 0.590. The highest BCUT2D eigenvalue weighted by Gasteiger charge is 2.26. The van der Waals surface area contributed by atoms with Crippen LogP contribution in [0.5, 0.6) is 0 Å². The Kier molecular flexibility index (Phi) is 4.37. The molecule has 7 heteroatoms. The fraction of sp³-hybridized carbons (Fsp3) is 0.250. The summed E-state index contributed by atoms with van der Waals surface area (Å²) < 4.78 is 1.58. The van der Waals surface area contributed by atoms with E-state index in [1.54, 1.807) is 10.8 Å². The van der Waals surface area contributed by atoms with Crippen molar-refractivity contribution in [3.63, 3.8) is 0 Å². The predicted octanol–water partition coefficient (Wildman–Crippen LogP) is 0.506. The number of benzene rings is 1. The van der Waals surface area contributed by atoms with Gasteiger partial charge in [-0.1, -0.05) is 18.2 Å². The smallest absolute Gasteiger partial charge is 0.324 e. The second-order valence-electron chi connectivity index (χ2n) is 6.96. The molecule has 7 nitrogen and oxygen atoms in total. The first-order valence-electron chi connectivity index (χ1n) is 8.95. The minimum atomic E-state index is -0.421. The highest BCUT2D eigenvalue weighted by Crippen LogP contribution is 2.21. The topological polar surface area (TPSA) is 84.2 Å². The molecule has 0 fully saturated rings. The number of aryl methyl sites for hydroxylation is 1. The molecule has 0 saturated heterocycles. The molecule has 2 aromatic heterocycles. The van der Waals surface area contributed by atoms with Crippen LogP contribution in [0.1, 0.15) is 22.3 Å². The average molecular weight is 364 g/mol. The first-order valence-corrected chi connectivity index (χ1v) is 8.95. The van der Waals surface area contributed by atoms with E-state index in [0.29, 0.717) is 24.6 Å². The van der Waals surface area contributed by atoms with Crippen LogP contribution >= 0.6 is 0 Å². The average Bonchev–Trinajstić information content (AvgIpc) is 2.66. The molecule has 0 bridgehead atoms. The minimum absolute atomic E-state index is 0.326. The van der Waals surface area contributed by atoms with Crippen molar-refractivity contribution in [1.29, 1.82) is 0 Å². The molecule has 1 atom stereocenters. The van der Waals surface area contributed by atoms with Crippen LogP contribution in [0.3, 0.4) is 0 Å². The molecule has 0 amide bonds. The van der Waals surface area contributed by atoms with Crippen LogP contribution in [0, 0.1) is 13.8 Å². The molecule has 0 spiro atoms. The number of fused-ring (bicyclic) bond motifs is 1. The van der Waals surface area contributed by atoms with Crippen LogP contribution in [-0.4, -0.2) is 21.2 Å². The van der Waals surface area contributed by atoms with Crippen molar-refractivity contribution in [3.8, 4) is 5.69 Å². The summed E-state index contributed by atoms with van der Waals surface area (Å²) in [6, 6.07) is 9.76. The molecule has 0 radical (unpaired) electrons. The molecule has 3 aromatic rings. The van der Waals surface area contributed by atoms with Gasteiger partial charge in [0.15, 0.2) is 6.67 Å². The summed E-state index contributed by atoms with van der Waals surface area (Å²) in [4.78, 5) is 32.9. The molecule has 1 unspecified atom stereocenters. The van der Waals surface area contributed by atoms with Crippen LogP contribution in [0.15, 0.2) is 52.3 Å². The van der Waals surface area contributed by atoms with Gasteiger partial charge in [-0.3, -0.25) is 14.8 Å². The van der Waals surface area contributed by atoms with Crippen molar-refractivity contribution in [2.75, 3.05) is 12.0 Å². The van der Waals surface area contributed by atoms with Crippen molar-refractivity contribution in [3.05, 3.63) is 85.8 Å². The van der Waals surface area contributed by atoms with E-state index < -0.39 is 5.69 Å². The van der Waals surface area contributed by atoms with Gasteiger partial charge in [-0.15, -0.1) is 0 Å². The lowest BCUT2D eigenvalue weighted by Crippen LogP contribution is -3.11. The van der Waals surface area contributed by atoms with Gasteiger partial charge in [0.25, 0.3) is 5.56 Å². The van der Waals surface area contributed by atoms with Gasteiger partial charge in [-0.05, 0) is 37.1 Å². The summed E-state index contributed by atoms with van der Waals surface area (Å²) in [5, 5.41) is 3.31. The summed E-state index contributed by atoms with van der Waals surface area (Å²) in [6.45, 7) is 5.91. The highest BCUT2D eigenvalue weighted by molar-refractivity contribution is 5.54. The number of anilines is 1. The fourth-order valence-electron chi connectivity index (χ4n) is 3.57. The normalized spacial score (nSPS) is 15.9. The largest absolute Gasteiger partial charge is 0.334 e. The molecule has 1 aromatic carbocycles. The Morgan fingerprint density at radius 2 is 2.04 bits per heavy atom. The lowest BCUT2D eigenvalue weighted by molar-refractivity contribution is -0.926. The maximum Gasteiger partial charge on any atom is 0.334 e. The number of quaternary nitrogens is 1. The first-order chi connectivity index (χ1) is 13.0. The number of hydrogen-bond acceptors (Lipinski definition) is 4. The Morgan fingerprint density at radius 1 is 1.19 bits per heavy atom. The van der Waals surface area contributed by atoms with E-state index in [-0.39, 0.29) is 5.56 Å². The molecular formula is C20H22N5O2+. The Bertz CT molecular complexity index is 1100. The fourth-order valence-corrected chi connectivity index (χ4v) is 3.57. The number of rotatable bonds is 3. The molecule has 1 aliphatic heterocycles. The third-order valence-corrected chi connectivity index (χ3v) is 5.13. The first kappa shape index (κ1) is 17.2. The molecule has 3 heterocycles. The van der Waals surface area contributed by atoms with E-state index in [4.69, 9.17) is 0 Å². The minimum Gasteiger partial charge on any atom is -0.324 e. The van der Waals surface area contributed by atoms with Crippen LogP contribution < -0.4 is 21.5 Å². The van der Waals surface area contributed by atoms with Crippen molar-refractivity contribution < 1.29 is 4.90 Å². The van der Waals surface area contributed by atoms with Gasteiger partial charge < -0.3 is 10.2 Å². The quantitative estimate of drug-likeness (QED) is 0.632. The summed E-state index contributed by atoms with van der Waals surface area (Å²) in [7, 11) is 0. The van der Waals surface area contributed by atoms with E-state index in [9.17, 15) is 9.59 Å². The zero-order valence-electron chi connectivity index (χ0n) is 15.4. The van der Waals surface area contributed by atoms with Gasteiger partial charge in [-0.25, -0.2) is 9.36 Å². The van der Waals surface area contributed by atoms with Crippen LogP contribution in [0.25, 0.3) is 5.69 Å². The van der Waals surface area contributed by atoms with Gasteiger partial charge in [-0.2, -0.15) is 0 Å². The molecular weight excluding hydrogens is 342 g/mol. The zero-order chi connectivity index (χ0) is 19.0. The molecule has 0 aliphatic carbocycles. The Labute approximate surface area is 156 Å². The van der Waals surface area contributed by atoms with E-state index in [0.717, 1.165) is 28.9 Å². The SMILES string of the molecule is Cc1cccc(-n2c3c(c(=O)[nH]c2=O)C[NH+](Cc2cccnc2)CN3)c1C. The van der Waals surface area contributed by atoms with Crippen molar-refractivity contribution in [1.82, 2.24) is 14.5 Å².